The molecule has 0 aliphatic carbocycles. The molecule has 0 aliphatic heterocycles. The van der Waals surface area contributed by atoms with Crippen molar-refractivity contribution in [1.82, 2.24) is 0 Å². The maximum Gasteiger partial charge on any atom is 0.339 e. The molecule has 0 saturated heterocycles. The summed E-state index contributed by atoms with van der Waals surface area (Å²) in [6, 6.07) is 7.25. The molecule has 0 aliphatic rings. The van der Waals surface area contributed by atoms with Gasteiger partial charge in [-0.3, -0.25) is 0 Å². The molecule has 4 heteroatoms. The number of hydrogen-bond acceptors (Lipinski definition) is 3. The molecule has 2 aromatic rings. The Hall–Kier alpha value is -1.42. The Balaban J connectivity index is 2.43. The third kappa shape index (κ3) is 2.70. The summed E-state index contributed by atoms with van der Waals surface area (Å²) in [5.41, 5.74) is 0.932. The molecular formula is C14H16O3S. The molecule has 0 spiro atoms. The molecule has 0 radical (unpaired) electrons. The number of furan rings is 1. The smallest absolute Gasteiger partial charge is 0.339 e. The minimum Gasteiger partial charge on any atom is -0.478 e. The summed E-state index contributed by atoms with van der Waals surface area (Å²) in [6.07, 6.45) is 0. The second-order valence-electron chi connectivity index (χ2n) is 5.10. The van der Waals surface area contributed by atoms with Gasteiger partial charge in [0.2, 0.25) is 0 Å². The van der Waals surface area contributed by atoms with Crippen molar-refractivity contribution >= 4 is 28.7 Å². The SMILES string of the molecule is CC(C)(C)SCc1oc2ccccc2c1C(=O)O. The number of benzene rings is 1. The predicted octanol–water partition coefficient (Wildman–Crippen LogP) is 4.16. The van der Waals surface area contributed by atoms with E-state index < -0.39 is 5.97 Å². The van der Waals surface area contributed by atoms with Crippen molar-refractivity contribution in [3.8, 4) is 0 Å². The highest BCUT2D eigenvalue weighted by Crippen LogP contribution is 2.33. The standard InChI is InChI=1S/C14H16O3S/c1-14(2,3)18-8-11-12(13(15)16)9-6-4-5-7-10(9)17-11/h4-7H,8H2,1-3H3,(H,15,16). The summed E-state index contributed by atoms with van der Waals surface area (Å²) >= 11 is 1.68. The molecule has 0 bridgehead atoms. The summed E-state index contributed by atoms with van der Waals surface area (Å²) in [7, 11) is 0. The fourth-order valence-electron chi connectivity index (χ4n) is 1.71. The van der Waals surface area contributed by atoms with Crippen molar-refractivity contribution in [3.05, 3.63) is 35.6 Å². The average Bonchev–Trinajstić information content (AvgIpc) is 2.63. The molecule has 0 saturated carbocycles. The highest BCUT2D eigenvalue weighted by Gasteiger charge is 2.21. The van der Waals surface area contributed by atoms with E-state index >= 15 is 0 Å². The summed E-state index contributed by atoms with van der Waals surface area (Å²) < 4.78 is 5.73. The minimum absolute atomic E-state index is 0.0781. The van der Waals surface area contributed by atoms with Crippen LogP contribution in [0.3, 0.4) is 0 Å². The number of thioether (sulfide) groups is 1. The Morgan fingerprint density at radius 2 is 2.00 bits per heavy atom. The van der Waals surface area contributed by atoms with Gasteiger partial charge in [0.05, 0.1) is 5.75 Å². The number of fused-ring (bicyclic) bond motifs is 1. The van der Waals surface area contributed by atoms with Crippen molar-refractivity contribution in [3.63, 3.8) is 0 Å². The zero-order chi connectivity index (χ0) is 13.3. The minimum atomic E-state index is -0.926. The Labute approximate surface area is 110 Å². The van der Waals surface area contributed by atoms with Crippen molar-refractivity contribution < 1.29 is 14.3 Å². The molecule has 0 atom stereocenters. The lowest BCUT2D eigenvalue weighted by molar-refractivity contribution is 0.0697. The normalized spacial score (nSPS) is 11.9. The third-order valence-electron chi connectivity index (χ3n) is 2.52. The van der Waals surface area contributed by atoms with E-state index in [-0.39, 0.29) is 4.75 Å². The summed E-state index contributed by atoms with van der Waals surface area (Å²) in [5, 5.41) is 9.99. The van der Waals surface area contributed by atoms with Crippen LogP contribution in [0.4, 0.5) is 0 Å². The second kappa shape index (κ2) is 4.69. The van der Waals surface area contributed by atoms with Gasteiger partial charge in [-0.1, -0.05) is 39.0 Å². The van der Waals surface area contributed by atoms with Crippen LogP contribution in [0.5, 0.6) is 0 Å². The Morgan fingerprint density at radius 3 is 2.61 bits per heavy atom. The lowest BCUT2D eigenvalue weighted by Gasteiger charge is -2.16. The van der Waals surface area contributed by atoms with Gasteiger partial charge in [0, 0.05) is 10.1 Å². The molecule has 2 rings (SSSR count). The molecule has 0 amide bonds. The molecular weight excluding hydrogens is 248 g/mol. The van der Waals surface area contributed by atoms with Gasteiger partial charge >= 0.3 is 5.97 Å². The second-order valence-corrected chi connectivity index (χ2v) is 6.90. The van der Waals surface area contributed by atoms with E-state index in [1.54, 1.807) is 23.9 Å². The van der Waals surface area contributed by atoms with Crippen LogP contribution in [0.2, 0.25) is 0 Å². The number of carboxylic acid groups (broad SMARTS) is 1. The Bertz CT molecular complexity index is 578. The van der Waals surface area contributed by atoms with Crippen LogP contribution in [0.15, 0.2) is 28.7 Å². The first-order chi connectivity index (χ1) is 8.38. The van der Waals surface area contributed by atoms with E-state index in [2.05, 4.69) is 20.8 Å². The zero-order valence-electron chi connectivity index (χ0n) is 10.7. The molecule has 1 aromatic carbocycles. The highest BCUT2D eigenvalue weighted by atomic mass is 32.2. The monoisotopic (exact) mass is 264 g/mol. The summed E-state index contributed by atoms with van der Waals surface area (Å²) in [5.74, 6) is 0.188. The van der Waals surface area contributed by atoms with Crippen LogP contribution in [-0.4, -0.2) is 15.8 Å². The molecule has 3 nitrogen and oxygen atoms in total. The van der Waals surface area contributed by atoms with Gasteiger partial charge in [0.1, 0.15) is 16.9 Å². The lowest BCUT2D eigenvalue weighted by atomic mass is 10.1. The molecule has 1 heterocycles. The Kier molecular flexibility index (Phi) is 3.39. The number of aromatic carboxylic acids is 1. The molecule has 0 fully saturated rings. The quantitative estimate of drug-likeness (QED) is 0.904. The van der Waals surface area contributed by atoms with E-state index in [1.807, 2.05) is 12.1 Å². The maximum absolute atomic E-state index is 11.4. The van der Waals surface area contributed by atoms with Gasteiger partial charge in [-0.05, 0) is 6.07 Å². The van der Waals surface area contributed by atoms with Gasteiger partial charge in [0.15, 0.2) is 0 Å². The molecule has 0 unspecified atom stereocenters. The number of carbonyl (C=O) groups is 1. The first-order valence-corrected chi connectivity index (χ1v) is 6.75. The summed E-state index contributed by atoms with van der Waals surface area (Å²) in [4.78, 5) is 11.4. The highest BCUT2D eigenvalue weighted by molar-refractivity contribution is 7.99. The van der Waals surface area contributed by atoms with Gasteiger partial charge in [-0.2, -0.15) is 0 Å². The molecule has 1 aromatic heterocycles. The van der Waals surface area contributed by atoms with Crippen LogP contribution in [0.1, 0.15) is 36.9 Å². The van der Waals surface area contributed by atoms with Gasteiger partial charge in [-0.25, -0.2) is 4.79 Å². The number of carboxylic acids is 1. The van der Waals surface area contributed by atoms with Crippen LogP contribution in [0, 0.1) is 0 Å². The maximum atomic E-state index is 11.4. The van der Waals surface area contributed by atoms with Crippen molar-refractivity contribution in [1.29, 1.82) is 0 Å². The lowest BCUT2D eigenvalue weighted by Crippen LogP contribution is -2.08. The van der Waals surface area contributed by atoms with Crippen molar-refractivity contribution in [2.75, 3.05) is 0 Å². The van der Waals surface area contributed by atoms with Crippen LogP contribution in [-0.2, 0) is 5.75 Å². The van der Waals surface area contributed by atoms with Crippen LogP contribution < -0.4 is 0 Å². The topological polar surface area (TPSA) is 50.4 Å². The Morgan fingerprint density at radius 1 is 1.33 bits per heavy atom. The van der Waals surface area contributed by atoms with Crippen molar-refractivity contribution in [2.45, 2.75) is 31.3 Å². The number of hydrogen-bond donors (Lipinski definition) is 1. The van der Waals surface area contributed by atoms with Crippen molar-refractivity contribution in [2.24, 2.45) is 0 Å². The fourth-order valence-corrected chi connectivity index (χ4v) is 2.48. The molecule has 18 heavy (non-hydrogen) atoms. The van der Waals surface area contributed by atoms with E-state index in [9.17, 15) is 9.90 Å². The van der Waals surface area contributed by atoms with E-state index in [1.165, 1.54) is 0 Å². The predicted molar refractivity (Wildman–Crippen MR) is 74.2 cm³/mol. The number of rotatable bonds is 3. The van der Waals surface area contributed by atoms with Crippen LogP contribution in [0.25, 0.3) is 11.0 Å². The summed E-state index contributed by atoms with van der Waals surface area (Å²) in [6.45, 7) is 6.29. The van der Waals surface area contributed by atoms with Gasteiger partial charge in [0.25, 0.3) is 0 Å². The molecule has 96 valence electrons. The largest absolute Gasteiger partial charge is 0.478 e. The fraction of sp³-hybridized carbons (Fsp3) is 0.357. The number of para-hydroxylation sites is 1. The van der Waals surface area contributed by atoms with Crippen LogP contribution >= 0.6 is 11.8 Å². The average molecular weight is 264 g/mol. The van der Waals surface area contributed by atoms with E-state index in [4.69, 9.17) is 4.42 Å². The van der Waals surface area contributed by atoms with E-state index in [0.29, 0.717) is 28.0 Å². The van der Waals surface area contributed by atoms with E-state index in [0.717, 1.165) is 0 Å². The zero-order valence-corrected chi connectivity index (χ0v) is 11.5. The third-order valence-corrected chi connectivity index (χ3v) is 3.79. The first-order valence-electron chi connectivity index (χ1n) is 5.76. The molecule has 1 N–H and O–H groups in total. The van der Waals surface area contributed by atoms with Gasteiger partial charge < -0.3 is 9.52 Å². The first kappa shape index (κ1) is 13.0. The van der Waals surface area contributed by atoms with Gasteiger partial charge in [-0.15, -0.1) is 11.8 Å².